The van der Waals surface area contributed by atoms with Crippen LogP contribution in [-0.2, 0) is 0 Å². The molecule has 2 atom stereocenters. The number of hydrogen-bond donors (Lipinski definition) is 0. The van der Waals surface area contributed by atoms with Gasteiger partial charge in [-0.25, -0.2) is 0 Å². The third kappa shape index (κ3) is 1.58. The van der Waals surface area contributed by atoms with Crippen molar-refractivity contribution in [2.24, 2.45) is 5.92 Å². The minimum atomic E-state index is 0.965. The Bertz CT molecular complexity index is 133. The summed E-state index contributed by atoms with van der Waals surface area (Å²) in [5, 5.41) is 0. The molecule has 2 fully saturated rings. The Hall–Kier alpha value is -0.0400. The maximum atomic E-state index is 2.71. The van der Waals surface area contributed by atoms with Gasteiger partial charge in [0.05, 0.1) is 0 Å². The summed E-state index contributed by atoms with van der Waals surface area (Å²) in [7, 11) is 0. The van der Waals surface area contributed by atoms with Crippen LogP contribution < -0.4 is 0 Å². The molecular weight excluding hydrogens is 134 g/mol. The zero-order chi connectivity index (χ0) is 7.68. The molecule has 0 spiro atoms. The molecule has 1 heteroatoms. The van der Waals surface area contributed by atoms with E-state index in [2.05, 4.69) is 11.8 Å². The first-order chi connectivity index (χ1) is 5.36. The summed E-state index contributed by atoms with van der Waals surface area (Å²) in [6, 6.07) is 0.965. The van der Waals surface area contributed by atoms with Gasteiger partial charge in [0.25, 0.3) is 0 Å². The van der Waals surface area contributed by atoms with Crippen LogP contribution in [-0.4, -0.2) is 24.0 Å². The summed E-state index contributed by atoms with van der Waals surface area (Å²) in [5.74, 6) is 0.995. The Morgan fingerprint density at radius 3 is 2.91 bits per heavy atom. The van der Waals surface area contributed by atoms with Crippen molar-refractivity contribution in [3.63, 3.8) is 0 Å². The maximum Gasteiger partial charge on any atom is 0.00978 e. The largest absolute Gasteiger partial charge is 0.300 e. The molecule has 11 heavy (non-hydrogen) atoms. The molecule has 2 saturated heterocycles. The second-order valence-corrected chi connectivity index (χ2v) is 4.32. The van der Waals surface area contributed by atoms with E-state index in [0.717, 1.165) is 12.0 Å². The zero-order valence-electron chi connectivity index (χ0n) is 7.55. The molecule has 0 aromatic rings. The normalized spacial score (nSPS) is 40.1. The van der Waals surface area contributed by atoms with Gasteiger partial charge in [-0.2, -0.15) is 0 Å². The SMILES string of the molecule is C[C@H]1CCN2CCCC[C@H]2C1. The summed E-state index contributed by atoms with van der Waals surface area (Å²) >= 11 is 0. The van der Waals surface area contributed by atoms with Crippen LogP contribution in [0.15, 0.2) is 0 Å². The molecule has 0 aromatic carbocycles. The minimum Gasteiger partial charge on any atom is -0.300 e. The lowest BCUT2D eigenvalue weighted by molar-refractivity contribution is 0.0839. The third-order valence-electron chi connectivity index (χ3n) is 3.33. The molecule has 0 radical (unpaired) electrons. The van der Waals surface area contributed by atoms with Crippen molar-refractivity contribution in [1.29, 1.82) is 0 Å². The van der Waals surface area contributed by atoms with E-state index in [0.29, 0.717) is 0 Å². The van der Waals surface area contributed by atoms with Gasteiger partial charge in [0, 0.05) is 6.04 Å². The first-order valence-corrected chi connectivity index (χ1v) is 5.10. The van der Waals surface area contributed by atoms with Crippen molar-refractivity contribution < 1.29 is 0 Å². The Kier molecular flexibility index (Phi) is 2.17. The summed E-state index contributed by atoms with van der Waals surface area (Å²) in [6.45, 7) is 5.18. The first kappa shape index (κ1) is 7.60. The van der Waals surface area contributed by atoms with E-state index in [9.17, 15) is 0 Å². The van der Waals surface area contributed by atoms with Crippen LogP contribution in [0.1, 0.15) is 39.0 Å². The molecule has 0 bridgehead atoms. The number of nitrogens with zero attached hydrogens (tertiary/aromatic N) is 1. The van der Waals surface area contributed by atoms with Crippen molar-refractivity contribution in [3.05, 3.63) is 0 Å². The average Bonchev–Trinajstić information content (AvgIpc) is 2.04. The van der Waals surface area contributed by atoms with Gasteiger partial charge in [0.2, 0.25) is 0 Å². The molecule has 2 aliphatic rings. The van der Waals surface area contributed by atoms with E-state index in [1.54, 1.807) is 0 Å². The number of hydrogen-bond acceptors (Lipinski definition) is 1. The van der Waals surface area contributed by atoms with Crippen LogP contribution in [0.3, 0.4) is 0 Å². The highest BCUT2D eigenvalue weighted by atomic mass is 15.2. The van der Waals surface area contributed by atoms with Gasteiger partial charge in [-0.05, 0) is 44.7 Å². The second-order valence-electron chi connectivity index (χ2n) is 4.32. The fraction of sp³-hybridized carbons (Fsp3) is 1.00. The summed E-state index contributed by atoms with van der Waals surface area (Å²) < 4.78 is 0. The lowest BCUT2D eigenvalue weighted by Crippen LogP contribution is -2.44. The molecule has 0 aromatic heterocycles. The lowest BCUT2D eigenvalue weighted by Gasteiger charge is -2.41. The maximum absolute atomic E-state index is 2.71. The highest BCUT2D eigenvalue weighted by molar-refractivity contribution is 4.82. The number of rotatable bonds is 0. The fourth-order valence-corrected chi connectivity index (χ4v) is 2.59. The third-order valence-corrected chi connectivity index (χ3v) is 3.33. The lowest BCUT2D eigenvalue weighted by atomic mass is 9.87. The number of piperidine rings is 2. The van der Waals surface area contributed by atoms with Gasteiger partial charge >= 0.3 is 0 Å². The van der Waals surface area contributed by atoms with E-state index in [1.165, 1.54) is 45.2 Å². The van der Waals surface area contributed by atoms with E-state index >= 15 is 0 Å². The molecular formula is C10H19N. The molecule has 0 saturated carbocycles. The van der Waals surface area contributed by atoms with Crippen LogP contribution in [0.4, 0.5) is 0 Å². The van der Waals surface area contributed by atoms with E-state index in [1.807, 2.05) is 0 Å². The molecule has 2 rings (SSSR count). The van der Waals surface area contributed by atoms with Crippen molar-refractivity contribution >= 4 is 0 Å². The molecule has 0 N–H and O–H groups in total. The quantitative estimate of drug-likeness (QED) is 0.516. The van der Waals surface area contributed by atoms with Gasteiger partial charge < -0.3 is 4.90 Å². The van der Waals surface area contributed by atoms with Crippen molar-refractivity contribution in [2.75, 3.05) is 13.1 Å². The van der Waals surface area contributed by atoms with Gasteiger partial charge in [-0.15, -0.1) is 0 Å². The summed E-state index contributed by atoms with van der Waals surface area (Å²) in [5.41, 5.74) is 0. The minimum absolute atomic E-state index is 0.965. The molecule has 1 nitrogen and oxygen atoms in total. The second kappa shape index (κ2) is 3.14. The van der Waals surface area contributed by atoms with Crippen LogP contribution in [0.25, 0.3) is 0 Å². The van der Waals surface area contributed by atoms with Gasteiger partial charge in [-0.1, -0.05) is 13.3 Å². The highest BCUT2D eigenvalue weighted by Crippen LogP contribution is 2.28. The monoisotopic (exact) mass is 153 g/mol. The smallest absolute Gasteiger partial charge is 0.00978 e. The van der Waals surface area contributed by atoms with Crippen LogP contribution in [0, 0.1) is 5.92 Å². The van der Waals surface area contributed by atoms with Crippen molar-refractivity contribution in [2.45, 2.75) is 45.1 Å². The van der Waals surface area contributed by atoms with Crippen molar-refractivity contribution in [1.82, 2.24) is 4.90 Å². The summed E-state index contributed by atoms with van der Waals surface area (Å²) in [6.07, 6.45) is 7.32. The Morgan fingerprint density at radius 1 is 1.09 bits per heavy atom. The molecule has 64 valence electrons. The highest BCUT2D eigenvalue weighted by Gasteiger charge is 2.27. The molecule has 0 unspecified atom stereocenters. The predicted octanol–water partition coefficient (Wildman–Crippen LogP) is 2.27. The molecule has 2 heterocycles. The van der Waals surface area contributed by atoms with Crippen LogP contribution in [0.5, 0.6) is 0 Å². The molecule has 0 aliphatic carbocycles. The van der Waals surface area contributed by atoms with E-state index < -0.39 is 0 Å². The van der Waals surface area contributed by atoms with Gasteiger partial charge in [0.1, 0.15) is 0 Å². The molecule has 2 aliphatic heterocycles. The van der Waals surface area contributed by atoms with Gasteiger partial charge in [-0.3, -0.25) is 0 Å². The Morgan fingerprint density at radius 2 is 2.00 bits per heavy atom. The molecule has 0 amide bonds. The van der Waals surface area contributed by atoms with Crippen molar-refractivity contribution in [3.8, 4) is 0 Å². The predicted molar refractivity (Wildman–Crippen MR) is 47.6 cm³/mol. The van der Waals surface area contributed by atoms with Gasteiger partial charge in [0.15, 0.2) is 0 Å². The average molecular weight is 153 g/mol. The summed E-state index contributed by atoms with van der Waals surface area (Å²) in [4.78, 5) is 2.71. The Labute approximate surface area is 69.8 Å². The standard InChI is InChI=1S/C10H19N/c1-9-5-7-11-6-3-2-4-10(11)8-9/h9-10H,2-8H2,1H3/t9-,10-/m0/s1. The topological polar surface area (TPSA) is 3.24 Å². The van der Waals surface area contributed by atoms with E-state index in [4.69, 9.17) is 0 Å². The van der Waals surface area contributed by atoms with Crippen LogP contribution >= 0.6 is 0 Å². The van der Waals surface area contributed by atoms with Crippen LogP contribution in [0.2, 0.25) is 0 Å². The van der Waals surface area contributed by atoms with E-state index in [-0.39, 0.29) is 0 Å². The fourth-order valence-electron chi connectivity index (χ4n) is 2.59. The number of fused-ring (bicyclic) bond motifs is 1. The first-order valence-electron chi connectivity index (χ1n) is 5.10. The zero-order valence-corrected chi connectivity index (χ0v) is 7.55. The Balaban J connectivity index is 1.93.